The fourth-order valence-corrected chi connectivity index (χ4v) is 3.55. The number of likely N-dealkylation sites (tertiary alicyclic amines) is 1. The van der Waals surface area contributed by atoms with Gasteiger partial charge in [0.25, 0.3) is 5.91 Å². The lowest BCUT2D eigenvalue weighted by molar-refractivity contribution is 0.0863. The summed E-state index contributed by atoms with van der Waals surface area (Å²) in [7, 11) is 0. The van der Waals surface area contributed by atoms with Crippen molar-refractivity contribution in [2.45, 2.75) is 39.2 Å². The average Bonchev–Trinajstić information content (AvgIpc) is 3.08. The minimum Gasteiger partial charge on any atom is -0.346 e. The SMILES string of the molecule is C[C@H]1CCCN(CC(C)(C)NC(=O)c2cccc(-n3cnnc3)c2)C1. The van der Waals surface area contributed by atoms with Crippen LogP contribution in [0.2, 0.25) is 0 Å². The third-order valence-corrected chi connectivity index (χ3v) is 4.64. The Morgan fingerprint density at radius 1 is 1.32 bits per heavy atom. The van der Waals surface area contributed by atoms with Crippen LogP contribution in [0, 0.1) is 5.92 Å². The van der Waals surface area contributed by atoms with E-state index in [-0.39, 0.29) is 11.4 Å². The zero-order valence-electron chi connectivity index (χ0n) is 15.3. The molecule has 1 fully saturated rings. The highest BCUT2D eigenvalue weighted by atomic mass is 16.1. The molecule has 1 aliphatic rings. The fraction of sp³-hybridized carbons (Fsp3) is 0.526. The first-order valence-electron chi connectivity index (χ1n) is 8.93. The monoisotopic (exact) mass is 341 g/mol. The maximum absolute atomic E-state index is 12.7. The highest BCUT2D eigenvalue weighted by Crippen LogP contribution is 2.18. The van der Waals surface area contributed by atoms with Crippen LogP contribution in [0.5, 0.6) is 0 Å². The molecule has 1 amide bonds. The molecule has 0 aliphatic carbocycles. The number of amides is 1. The summed E-state index contributed by atoms with van der Waals surface area (Å²) in [5.74, 6) is 0.686. The summed E-state index contributed by atoms with van der Waals surface area (Å²) in [6, 6.07) is 7.50. The first kappa shape index (κ1) is 17.6. The number of nitrogens with zero attached hydrogens (tertiary/aromatic N) is 4. The molecule has 1 aromatic carbocycles. The summed E-state index contributed by atoms with van der Waals surface area (Å²) >= 11 is 0. The van der Waals surface area contributed by atoms with Gasteiger partial charge in [0.2, 0.25) is 0 Å². The van der Waals surface area contributed by atoms with Crippen molar-refractivity contribution >= 4 is 5.91 Å². The van der Waals surface area contributed by atoms with Crippen molar-refractivity contribution in [2.24, 2.45) is 5.92 Å². The molecule has 0 bridgehead atoms. The van der Waals surface area contributed by atoms with E-state index in [1.807, 2.05) is 24.3 Å². The van der Waals surface area contributed by atoms with E-state index in [1.165, 1.54) is 12.8 Å². The molecule has 0 unspecified atom stereocenters. The minimum absolute atomic E-state index is 0.0509. The quantitative estimate of drug-likeness (QED) is 0.908. The zero-order valence-corrected chi connectivity index (χ0v) is 15.3. The Labute approximate surface area is 149 Å². The molecular weight excluding hydrogens is 314 g/mol. The molecule has 2 aromatic rings. The number of carbonyl (C=O) groups is 1. The van der Waals surface area contributed by atoms with Gasteiger partial charge in [0.1, 0.15) is 12.7 Å². The van der Waals surface area contributed by atoms with Crippen LogP contribution in [0.15, 0.2) is 36.9 Å². The number of hydrogen-bond donors (Lipinski definition) is 1. The lowest BCUT2D eigenvalue weighted by atomic mass is 9.97. The van der Waals surface area contributed by atoms with Crippen LogP contribution < -0.4 is 5.32 Å². The van der Waals surface area contributed by atoms with Gasteiger partial charge in [0, 0.05) is 29.9 Å². The van der Waals surface area contributed by atoms with E-state index in [4.69, 9.17) is 0 Å². The van der Waals surface area contributed by atoms with Gasteiger partial charge in [-0.25, -0.2) is 0 Å². The van der Waals surface area contributed by atoms with Crippen LogP contribution in [0.1, 0.15) is 44.0 Å². The van der Waals surface area contributed by atoms with Crippen molar-refractivity contribution in [1.29, 1.82) is 0 Å². The molecule has 6 nitrogen and oxygen atoms in total. The third-order valence-electron chi connectivity index (χ3n) is 4.64. The Bertz CT molecular complexity index is 710. The first-order valence-corrected chi connectivity index (χ1v) is 8.93. The predicted octanol–water partition coefficient (Wildman–Crippen LogP) is 2.51. The van der Waals surface area contributed by atoms with Gasteiger partial charge in [-0.1, -0.05) is 13.0 Å². The Morgan fingerprint density at radius 2 is 2.08 bits per heavy atom. The zero-order chi connectivity index (χ0) is 17.9. The number of benzene rings is 1. The second kappa shape index (κ2) is 7.35. The van der Waals surface area contributed by atoms with Gasteiger partial charge in [-0.2, -0.15) is 0 Å². The summed E-state index contributed by atoms with van der Waals surface area (Å²) < 4.78 is 1.79. The van der Waals surface area contributed by atoms with E-state index in [9.17, 15) is 4.79 Å². The summed E-state index contributed by atoms with van der Waals surface area (Å²) in [6.45, 7) is 9.58. The molecule has 1 saturated heterocycles. The summed E-state index contributed by atoms with van der Waals surface area (Å²) in [5, 5.41) is 10.8. The van der Waals surface area contributed by atoms with E-state index in [1.54, 1.807) is 17.2 Å². The second-order valence-electron chi connectivity index (χ2n) is 7.74. The van der Waals surface area contributed by atoms with Gasteiger partial charge in [0.15, 0.2) is 0 Å². The van der Waals surface area contributed by atoms with E-state index in [0.29, 0.717) is 5.56 Å². The van der Waals surface area contributed by atoms with Crippen LogP contribution >= 0.6 is 0 Å². The Morgan fingerprint density at radius 3 is 2.80 bits per heavy atom. The molecule has 0 radical (unpaired) electrons. The Hall–Kier alpha value is -2.21. The maximum atomic E-state index is 12.7. The van der Waals surface area contributed by atoms with Crippen LogP contribution in [-0.2, 0) is 0 Å². The third kappa shape index (κ3) is 4.66. The number of rotatable bonds is 5. The molecule has 1 N–H and O–H groups in total. The van der Waals surface area contributed by atoms with Gasteiger partial charge < -0.3 is 10.2 Å². The second-order valence-corrected chi connectivity index (χ2v) is 7.74. The number of hydrogen-bond acceptors (Lipinski definition) is 4. The highest BCUT2D eigenvalue weighted by molar-refractivity contribution is 5.95. The van der Waals surface area contributed by atoms with Crippen LogP contribution in [0.4, 0.5) is 0 Å². The number of aromatic nitrogens is 3. The minimum atomic E-state index is -0.277. The van der Waals surface area contributed by atoms with Gasteiger partial charge in [0.05, 0.1) is 0 Å². The first-order chi connectivity index (χ1) is 11.9. The number of piperidine rings is 1. The Balaban J connectivity index is 1.65. The van der Waals surface area contributed by atoms with Gasteiger partial charge >= 0.3 is 0 Å². The normalized spacial score (nSPS) is 18.9. The summed E-state index contributed by atoms with van der Waals surface area (Å²) in [5.41, 5.74) is 1.24. The molecule has 25 heavy (non-hydrogen) atoms. The lowest BCUT2D eigenvalue weighted by Gasteiger charge is -2.37. The van der Waals surface area contributed by atoms with Crippen LogP contribution in [0.3, 0.4) is 0 Å². The Kier molecular flexibility index (Phi) is 5.18. The summed E-state index contributed by atoms with van der Waals surface area (Å²) in [4.78, 5) is 15.2. The van der Waals surface area contributed by atoms with E-state index in [0.717, 1.165) is 31.2 Å². The maximum Gasteiger partial charge on any atom is 0.251 e. The lowest BCUT2D eigenvalue weighted by Crippen LogP contribution is -2.53. The molecule has 1 atom stereocenters. The molecule has 0 spiro atoms. The van der Waals surface area contributed by atoms with Crippen molar-refractivity contribution in [2.75, 3.05) is 19.6 Å². The van der Waals surface area contributed by atoms with Gasteiger partial charge in [-0.05, 0) is 57.4 Å². The number of nitrogens with one attached hydrogen (secondary N) is 1. The smallest absolute Gasteiger partial charge is 0.251 e. The number of carbonyl (C=O) groups excluding carboxylic acids is 1. The topological polar surface area (TPSA) is 63.1 Å². The van der Waals surface area contributed by atoms with Crippen molar-refractivity contribution in [1.82, 2.24) is 25.0 Å². The molecule has 1 aromatic heterocycles. The van der Waals surface area contributed by atoms with Crippen molar-refractivity contribution in [3.8, 4) is 5.69 Å². The highest BCUT2D eigenvalue weighted by Gasteiger charge is 2.26. The molecule has 134 valence electrons. The van der Waals surface area contributed by atoms with Crippen LogP contribution in [-0.4, -0.2) is 50.7 Å². The fourth-order valence-electron chi connectivity index (χ4n) is 3.55. The van der Waals surface area contributed by atoms with Crippen molar-refractivity contribution in [3.63, 3.8) is 0 Å². The molecular formula is C19H27N5O. The molecule has 1 aliphatic heterocycles. The van der Waals surface area contributed by atoms with E-state index < -0.39 is 0 Å². The van der Waals surface area contributed by atoms with E-state index >= 15 is 0 Å². The predicted molar refractivity (Wildman–Crippen MR) is 97.7 cm³/mol. The molecule has 2 heterocycles. The standard InChI is InChI=1S/C19H27N5O/c1-15-6-5-9-23(11-15)12-19(2,3)22-18(25)16-7-4-8-17(10-16)24-13-20-21-14-24/h4,7-8,10,13-15H,5-6,9,11-12H2,1-3H3,(H,22,25)/t15-/m0/s1. The average molecular weight is 341 g/mol. The van der Waals surface area contributed by atoms with E-state index in [2.05, 4.69) is 41.2 Å². The van der Waals surface area contributed by atoms with Crippen LogP contribution in [0.25, 0.3) is 5.69 Å². The molecule has 3 rings (SSSR count). The molecule has 6 heteroatoms. The van der Waals surface area contributed by atoms with Gasteiger partial charge in [-0.15, -0.1) is 10.2 Å². The van der Waals surface area contributed by atoms with Crippen molar-refractivity contribution in [3.05, 3.63) is 42.5 Å². The largest absolute Gasteiger partial charge is 0.346 e. The molecule has 0 saturated carbocycles. The van der Waals surface area contributed by atoms with Crippen molar-refractivity contribution < 1.29 is 4.79 Å². The van der Waals surface area contributed by atoms with Gasteiger partial charge in [-0.3, -0.25) is 9.36 Å². The summed E-state index contributed by atoms with van der Waals surface area (Å²) in [6.07, 6.45) is 5.79.